The van der Waals surface area contributed by atoms with Gasteiger partial charge in [0, 0.05) is 42.8 Å². The highest BCUT2D eigenvalue weighted by Gasteiger charge is 2.33. The van der Waals surface area contributed by atoms with E-state index in [0.717, 1.165) is 63.7 Å². The highest BCUT2D eigenvalue weighted by molar-refractivity contribution is 5.80. The molecule has 0 N–H and O–H groups in total. The molecule has 2 aromatic carbocycles. The van der Waals surface area contributed by atoms with Crippen LogP contribution in [-0.4, -0.2) is 42.8 Å². The quantitative estimate of drug-likeness (QED) is 0.627. The predicted octanol–water partition coefficient (Wildman–Crippen LogP) is 4.73. The summed E-state index contributed by atoms with van der Waals surface area (Å²) in [6.07, 6.45) is 8.42. The second-order valence-electron chi connectivity index (χ2n) is 8.68. The van der Waals surface area contributed by atoms with Gasteiger partial charge < -0.3 is 9.80 Å². The van der Waals surface area contributed by atoms with Crippen molar-refractivity contribution in [3.05, 3.63) is 65.7 Å². The zero-order valence-corrected chi connectivity index (χ0v) is 17.7. The first-order valence-electron chi connectivity index (χ1n) is 11.4. The first-order chi connectivity index (χ1) is 14.7. The summed E-state index contributed by atoms with van der Waals surface area (Å²) in [5, 5.41) is 0. The van der Waals surface area contributed by atoms with Gasteiger partial charge in [-0.3, -0.25) is 9.59 Å². The largest absolute Gasteiger partial charge is 0.371 e. The van der Waals surface area contributed by atoms with Crippen LogP contribution in [0.25, 0.3) is 0 Å². The second-order valence-corrected chi connectivity index (χ2v) is 8.68. The molecule has 0 bridgehead atoms. The molecule has 1 amide bonds. The number of piperidine rings is 1. The van der Waals surface area contributed by atoms with E-state index in [9.17, 15) is 9.59 Å². The van der Waals surface area contributed by atoms with E-state index in [2.05, 4.69) is 34.1 Å². The third kappa shape index (κ3) is 4.92. The van der Waals surface area contributed by atoms with Crippen LogP contribution >= 0.6 is 0 Å². The maximum absolute atomic E-state index is 13.5. The third-order valence-corrected chi connectivity index (χ3v) is 6.77. The molecule has 2 fully saturated rings. The van der Waals surface area contributed by atoms with Crippen molar-refractivity contribution in [1.29, 1.82) is 0 Å². The lowest BCUT2D eigenvalue weighted by Crippen LogP contribution is -2.47. The molecule has 0 spiro atoms. The van der Waals surface area contributed by atoms with Crippen molar-refractivity contribution in [3.8, 4) is 0 Å². The van der Waals surface area contributed by atoms with Crippen molar-refractivity contribution in [2.24, 2.45) is 5.92 Å². The lowest BCUT2D eigenvalue weighted by Gasteiger charge is -2.37. The van der Waals surface area contributed by atoms with Crippen LogP contribution in [-0.2, 0) is 11.2 Å². The zero-order valence-electron chi connectivity index (χ0n) is 17.7. The van der Waals surface area contributed by atoms with Crippen molar-refractivity contribution in [1.82, 2.24) is 4.90 Å². The first kappa shape index (κ1) is 20.6. The Hall–Kier alpha value is -2.62. The molecule has 158 valence electrons. The Balaban J connectivity index is 1.37. The fourth-order valence-corrected chi connectivity index (χ4v) is 4.97. The van der Waals surface area contributed by atoms with Crippen molar-refractivity contribution in [2.75, 3.05) is 24.5 Å². The minimum atomic E-state index is 0.131. The van der Waals surface area contributed by atoms with Crippen LogP contribution in [0.5, 0.6) is 0 Å². The zero-order chi connectivity index (χ0) is 20.8. The number of hydrogen-bond acceptors (Lipinski definition) is 3. The van der Waals surface area contributed by atoms with E-state index < -0.39 is 0 Å². The van der Waals surface area contributed by atoms with Crippen LogP contribution in [0.4, 0.5) is 5.69 Å². The smallest absolute Gasteiger partial charge is 0.226 e. The lowest BCUT2D eigenvalue weighted by atomic mass is 9.93. The van der Waals surface area contributed by atoms with Crippen LogP contribution in [0.3, 0.4) is 0 Å². The summed E-state index contributed by atoms with van der Waals surface area (Å²) < 4.78 is 0. The van der Waals surface area contributed by atoms with Gasteiger partial charge in [-0.2, -0.15) is 0 Å². The van der Waals surface area contributed by atoms with E-state index in [-0.39, 0.29) is 5.92 Å². The first-order valence-corrected chi connectivity index (χ1v) is 11.4. The lowest BCUT2D eigenvalue weighted by molar-refractivity contribution is -0.138. The number of benzene rings is 2. The van der Waals surface area contributed by atoms with E-state index in [4.69, 9.17) is 0 Å². The molecule has 0 atom stereocenters. The summed E-state index contributed by atoms with van der Waals surface area (Å²) in [5.41, 5.74) is 3.15. The van der Waals surface area contributed by atoms with Gasteiger partial charge >= 0.3 is 0 Å². The maximum Gasteiger partial charge on any atom is 0.226 e. The molecule has 1 saturated heterocycles. The number of aldehydes is 1. The fourth-order valence-electron chi connectivity index (χ4n) is 4.97. The molecule has 1 heterocycles. The van der Waals surface area contributed by atoms with Crippen molar-refractivity contribution in [3.63, 3.8) is 0 Å². The predicted molar refractivity (Wildman–Crippen MR) is 121 cm³/mol. The molecule has 1 aliphatic carbocycles. The molecular weight excluding hydrogens is 372 g/mol. The number of hydrogen-bond donors (Lipinski definition) is 0. The van der Waals surface area contributed by atoms with Gasteiger partial charge in [-0.05, 0) is 61.9 Å². The van der Waals surface area contributed by atoms with Crippen molar-refractivity contribution >= 4 is 17.9 Å². The molecule has 30 heavy (non-hydrogen) atoms. The van der Waals surface area contributed by atoms with Gasteiger partial charge in [-0.15, -0.1) is 0 Å². The van der Waals surface area contributed by atoms with Crippen LogP contribution in [0.15, 0.2) is 54.6 Å². The van der Waals surface area contributed by atoms with E-state index in [1.54, 1.807) is 0 Å². The van der Waals surface area contributed by atoms with Crippen LogP contribution in [0.1, 0.15) is 54.4 Å². The number of rotatable bonds is 7. The molecule has 0 unspecified atom stereocenters. The van der Waals surface area contributed by atoms with Crippen LogP contribution in [0, 0.1) is 5.92 Å². The highest BCUT2D eigenvalue weighted by Crippen LogP contribution is 2.29. The molecule has 4 nitrogen and oxygen atoms in total. The molecular formula is C26H32N2O2. The number of nitrogens with zero attached hydrogens (tertiary/aromatic N) is 2. The molecule has 1 aliphatic heterocycles. The second kappa shape index (κ2) is 9.92. The minimum Gasteiger partial charge on any atom is -0.371 e. The Kier molecular flexibility index (Phi) is 6.83. The van der Waals surface area contributed by atoms with Crippen molar-refractivity contribution < 1.29 is 9.59 Å². The summed E-state index contributed by atoms with van der Waals surface area (Å²) in [4.78, 5) is 28.9. The van der Waals surface area contributed by atoms with E-state index >= 15 is 0 Å². The summed E-state index contributed by atoms with van der Waals surface area (Å²) in [6.45, 7) is 2.63. The van der Waals surface area contributed by atoms with Crippen molar-refractivity contribution in [2.45, 2.75) is 51.0 Å². The molecule has 4 heteroatoms. The third-order valence-electron chi connectivity index (χ3n) is 6.77. The van der Waals surface area contributed by atoms with E-state index in [0.29, 0.717) is 17.5 Å². The van der Waals surface area contributed by atoms with Gasteiger partial charge in [-0.1, -0.05) is 43.2 Å². The summed E-state index contributed by atoms with van der Waals surface area (Å²) in [6, 6.07) is 18.7. The molecule has 0 radical (unpaired) electrons. The van der Waals surface area contributed by atoms with Gasteiger partial charge in [0.05, 0.1) is 0 Å². The Morgan fingerprint density at radius 2 is 1.60 bits per heavy atom. The number of carbonyl (C=O) groups is 2. The number of anilines is 1. The van der Waals surface area contributed by atoms with Crippen LogP contribution in [0.2, 0.25) is 0 Å². The fraction of sp³-hybridized carbons (Fsp3) is 0.462. The standard InChI is InChI=1S/C26H32N2O2/c29-20-22-10-12-24(13-11-22)27-17-15-23(16-18-27)26(30)28(25-8-4-5-9-25)19-14-21-6-2-1-3-7-21/h1-3,6-7,10-13,20,23,25H,4-5,8-9,14-19H2. The molecule has 0 aromatic heterocycles. The van der Waals surface area contributed by atoms with Gasteiger partial charge in [0.2, 0.25) is 5.91 Å². The average Bonchev–Trinajstić information content (AvgIpc) is 3.34. The van der Waals surface area contributed by atoms with Gasteiger partial charge in [-0.25, -0.2) is 0 Å². The Morgan fingerprint density at radius 1 is 0.933 bits per heavy atom. The van der Waals surface area contributed by atoms with E-state index in [1.807, 2.05) is 30.3 Å². The highest BCUT2D eigenvalue weighted by atomic mass is 16.2. The van der Waals surface area contributed by atoms with Gasteiger partial charge in [0.25, 0.3) is 0 Å². The Bertz CT molecular complexity index is 820. The normalized spacial score (nSPS) is 17.8. The monoisotopic (exact) mass is 404 g/mol. The van der Waals surface area contributed by atoms with Gasteiger partial charge in [0.1, 0.15) is 6.29 Å². The minimum absolute atomic E-state index is 0.131. The topological polar surface area (TPSA) is 40.6 Å². The molecule has 4 rings (SSSR count). The number of amides is 1. The summed E-state index contributed by atoms with van der Waals surface area (Å²) >= 11 is 0. The Labute approximate surface area is 179 Å². The maximum atomic E-state index is 13.5. The molecule has 1 saturated carbocycles. The summed E-state index contributed by atoms with van der Waals surface area (Å²) in [7, 11) is 0. The molecule has 2 aliphatic rings. The number of carbonyl (C=O) groups excluding carboxylic acids is 2. The van der Waals surface area contributed by atoms with Crippen LogP contribution < -0.4 is 4.90 Å². The average molecular weight is 405 g/mol. The van der Waals surface area contributed by atoms with E-state index in [1.165, 1.54) is 18.4 Å². The van der Waals surface area contributed by atoms with Gasteiger partial charge in [0.15, 0.2) is 0 Å². The SMILES string of the molecule is O=Cc1ccc(N2CCC(C(=O)N(CCc3ccccc3)C3CCCC3)CC2)cc1. The summed E-state index contributed by atoms with van der Waals surface area (Å²) in [5.74, 6) is 0.501. The molecule has 2 aromatic rings. The Morgan fingerprint density at radius 3 is 2.23 bits per heavy atom.